The van der Waals surface area contributed by atoms with E-state index in [-0.39, 0.29) is 24.8 Å². The molecule has 7 heteroatoms. The van der Waals surface area contributed by atoms with Crippen LogP contribution in [0.4, 0.5) is 11.4 Å². The molecule has 6 nitrogen and oxygen atoms in total. The molecular weight excluding hydrogens is 368 g/mol. The number of carbonyl (C=O) groups excluding carboxylic acids is 3. The summed E-state index contributed by atoms with van der Waals surface area (Å²) in [6.45, 7) is 3.50. The molecule has 0 aliphatic carbocycles. The van der Waals surface area contributed by atoms with Gasteiger partial charge in [-0.05, 0) is 48.9 Å². The largest absolute Gasteiger partial charge is 0.465 e. The van der Waals surface area contributed by atoms with Crippen molar-refractivity contribution in [3.63, 3.8) is 0 Å². The third-order valence-electron chi connectivity index (χ3n) is 4.06. The van der Waals surface area contributed by atoms with E-state index >= 15 is 0 Å². The molecule has 2 aromatic carbocycles. The lowest BCUT2D eigenvalue weighted by atomic mass is 10.1. The van der Waals surface area contributed by atoms with Gasteiger partial charge in [0, 0.05) is 36.3 Å². The number of methoxy groups -OCH3 is 1. The van der Waals surface area contributed by atoms with E-state index in [9.17, 15) is 14.4 Å². The van der Waals surface area contributed by atoms with Crippen molar-refractivity contribution < 1.29 is 19.1 Å². The molecular formula is C20H21ClN2O4. The Hall–Kier alpha value is -2.86. The minimum atomic E-state index is -0.443. The van der Waals surface area contributed by atoms with Crippen LogP contribution < -0.4 is 10.2 Å². The number of anilines is 2. The van der Waals surface area contributed by atoms with Gasteiger partial charge in [-0.25, -0.2) is 4.79 Å². The van der Waals surface area contributed by atoms with Crippen molar-refractivity contribution in [3.8, 4) is 0 Å². The molecule has 0 aliphatic heterocycles. The van der Waals surface area contributed by atoms with Crippen molar-refractivity contribution in [3.05, 3.63) is 58.6 Å². The van der Waals surface area contributed by atoms with Crippen LogP contribution in [0.5, 0.6) is 0 Å². The molecule has 27 heavy (non-hydrogen) atoms. The van der Waals surface area contributed by atoms with E-state index in [0.717, 1.165) is 5.56 Å². The van der Waals surface area contributed by atoms with Gasteiger partial charge in [0.25, 0.3) is 0 Å². The number of carbonyl (C=O) groups is 3. The fourth-order valence-corrected chi connectivity index (χ4v) is 2.75. The summed E-state index contributed by atoms with van der Waals surface area (Å²) in [5.74, 6) is -0.857. The van der Waals surface area contributed by atoms with Crippen LogP contribution in [-0.2, 0) is 14.3 Å². The van der Waals surface area contributed by atoms with Gasteiger partial charge in [0.05, 0.1) is 12.7 Å². The van der Waals surface area contributed by atoms with Crippen LogP contribution in [0.2, 0.25) is 5.02 Å². The summed E-state index contributed by atoms with van der Waals surface area (Å²) < 4.78 is 4.63. The summed E-state index contributed by atoms with van der Waals surface area (Å²) in [7, 11) is 1.31. The zero-order chi connectivity index (χ0) is 20.0. The smallest absolute Gasteiger partial charge is 0.337 e. The molecule has 0 radical (unpaired) electrons. The second-order valence-corrected chi connectivity index (χ2v) is 6.33. The van der Waals surface area contributed by atoms with Crippen LogP contribution in [0.3, 0.4) is 0 Å². The highest BCUT2D eigenvalue weighted by Gasteiger charge is 2.16. The zero-order valence-corrected chi connectivity index (χ0v) is 16.2. The predicted octanol–water partition coefficient (Wildman–Crippen LogP) is 3.82. The number of ether oxygens (including phenoxy) is 1. The molecule has 0 saturated carbocycles. The van der Waals surface area contributed by atoms with Gasteiger partial charge in [-0.1, -0.05) is 17.7 Å². The first-order valence-electron chi connectivity index (χ1n) is 8.35. The van der Waals surface area contributed by atoms with E-state index in [2.05, 4.69) is 10.1 Å². The molecule has 142 valence electrons. The maximum absolute atomic E-state index is 12.2. The van der Waals surface area contributed by atoms with Crippen molar-refractivity contribution >= 4 is 40.8 Å². The highest BCUT2D eigenvalue weighted by molar-refractivity contribution is 6.31. The average Bonchev–Trinajstić information content (AvgIpc) is 2.65. The van der Waals surface area contributed by atoms with Crippen LogP contribution in [0.1, 0.15) is 29.3 Å². The average molecular weight is 389 g/mol. The maximum Gasteiger partial charge on any atom is 0.337 e. The number of hydrogen-bond acceptors (Lipinski definition) is 4. The molecule has 2 aromatic rings. The van der Waals surface area contributed by atoms with E-state index in [1.54, 1.807) is 42.5 Å². The van der Waals surface area contributed by atoms with Crippen LogP contribution in [0, 0.1) is 6.92 Å². The molecule has 0 heterocycles. The normalized spacial score (nSPS) is 10.2. The molecule has 0 spiro atoms. The third kappa shape index (κ3) is 5.31. The number of amides is 2. The lowest BCUT2D eigenvalue weighted by molar-refractivity contribution is -0.117. The lowest BCUT2D eigenvalue weighted by Gasteiger charge is -2.23. The Morgan fingerprint density at radius 1 is 1.11 bits per heavy atom. The number of nitrogens with zero attached hydrogens (tertiary/aromatic N) is 1. The second kappa shape index (κ2) is 9.19. The van der Waals surface area contributed by atoms with Gasteiger partial charge < -0.3 is 15.0 Å². The molecule has 2 amide bonds. The number of rotatable bonds is 6. The summed E-state index contributed by atoms with van der Waals surface area (Å²) in [6, 6.07) is 11.7. The summed E-state index contributed by atoms with van der Waals surface area (Å²) in [5, 5.41) is 3.31. The van der Waals surface area contributed by atoms with E-state index in [4.69, 9.17) is 11.6 Å². The second-order valence-electron chi connectivity index (χ2n) is 5.92. The quantitative estimate of drug-likeness (QED) is 0.763. The Labute approximate surface area is 163 Å². The van der Waals surface area contributed by atoms with Gasteiger partial charge in [-0.15, -0.1) is 0 Å². The summed E-state index contributed by atoms with van der Waals surface area (Å²) in [5.41, 5.74) is 2.43. The molecule has 2 rings (SSSR count). The minimum Gasteiger partial charge on any atom is -0.465 e. The van der Waals surface area contributed by atoms with Crippen molar-refractivity contribution in [2.24, 2.45) is 0 Å². The number of hydrogen-bond donors (Lipinski definition) is 1. The van der Waals surface area contributed by atoms with Gasteiger partial charge >= 0.3 is 5.97 Å². The third-order valence-corrected chi connectivity index (χ3v) is 4.47. The standard InChI is InChI=1S/C20H21ClN2O4/c1-13-17(21)5-4-6-18(13)23(14(2)24)12-11-19(25)22-16-9-7-15(8-10-16)20(26)27-3/h4-10H,11-12H2,1-3H3,(H,22,25). The van der Waals surface area contributed by atoms with Crippen LogP contribution in [0.15, 0.2) is 42.5 Å². The highest BCUT2D eigenvalue weighted by atomic mass is 35.5. The van der Waals surface area contributed by atoms with Gasteiger partial charge in [0.1, 0.15) is 0 Å². The molecule has 0 unspecified atom stereocenters. The fraction of sp³-hybridized carbons (Fsp3) is 0.250. The zero-order valence-electron chi connectivity index (χ0n) is 15.4. The van der Waals surface area contributed by atoms with Crippen molar-refractivity contribution in [2.45, 2.75) is 20.3 Å². The topological polar surface area (TPSA) is 75.7 Å². The Morgan fingerprint density at radius 3 is 2.37 bits per heavy atom. The summed E-state index contributed by atoms with van der Waals surface area (Å²) >= 11 is 6.13. The van der Waals surface area contributed by atoms with Crippen molar-refractivity contribution in [1.29, 1.82) is 0 Å². The fourth-order valence-electron chi connectivity index (χ4n) is 2.58. The Bertz CT molecular complexity index is 850. The van der Waals surface area contributed by atoms with E-state index < -0.39 is 5.97 Å². The van der Waals surface area contributed by atoms with Crippen LogP contribution in [-0.4, -0.2) is 31.4 Å². The minimum absolute atomic E-state index is 0.115. The lowest BCUT2D eigenvalue weighted by Crippen LogP contribution is -2.32. The Morgan fingerprint density at radius 2 is 1.78 bits per heavy atom. The first-order valence-corrected chi connectivity index (χ1v) is 8.72. The molecule has 0 atom stereocenters. The van der Waals surface area contributed by atoms with Crippen LogP contribution >= 0.6 is 11.6 Å². The number of esters is 1. The van der Waals surface area contributed by atoms with Gasteiger partial charge in [-0.3, -0.25) is 9.59 Å². The van der Waals surface area contributed by atoms with E-state index in [0.29, 0.717) is 22.0 Å². The molecule has 1 N–H and O–H groups in total. The molecule has 0 saturated heterocycles. The van der Waals surface area contributed by atoms with Gasteiger partial charge in [-0.2, -0.15) is 0 Å². The maximum atomic E-state index is 12.2. The number of halogens is 1. The van der Waals surface area contributed by atoms with Crippen molar-refractivity contribution in [1.82, 2.24) is 0 Å². The SMILES string of the molecule is COC(=O)c1ccc(NC(=O)CCN(C(C)=O)c2cccc(Cl)c2C)cc1. The predicted molar refractivity (Wildman–Crippen MR) is 105 cm³/mol. The first-order chi connectivity index (χ1) is 12.8. The van der Waals surface area contributed by atoms with Gasteiger partial charge in [0.2, 0.25) is 11.8 Å². The van der Waals surface area contributed by atoms with E-state index in [1.807, 2.05) is 6.92 Å². The monoisotopic (exact) mass is 388 g/mol. The molecule has 0 aromatic heterocycles. The van der Waals surface area contributed by atoms with Gasteiger partial charge in [0.15, 0.2) is 0 Å². The molecule has 0 bridgehead atoms. The highest BCUT2D eigenvalue weighted by Crippen LogP contribution is 2.26. The number of benzene rings is 2. The molecule has 0 fully saturated rings. The number of nitrogens with one attached hydrogen (secondary N) is 1. The van der Waals surface area contributed by atoms with Crippen molar-refractivity contribution in [2.75, 3.05) is 23.9 Å². The van der Waals surface area contributed by atoms with E-state index in [1.165, 1.54) is 18.9 Å². The molecule has 0 aliphatic rings. The summed E-state index contributed by atoms with van der Waals surface area (Å²) in [6.07, 6.45) is 0.115. The Kier molecular flexibility index (Phi) is 6.96. The first kappa shape index (κ1) is 20.5. The van der Waals surface area contributed by atoms with Crippen LogP contribution in [0.25, 0.3) is 0 Å². The summed E-state index contributed by atoms with van der Waals surface area (Å²) in [4.78, 5) is 37.2. The Balaban J connectivity index is 2.01.